The van der Waals surface area contributed by atoms with Crippen molar-refractivity contribution in [3.05, 3.63) is 0 Å². The maximum atomic E-state index is 11.7. The highest BCUT2D eigenvalue weighted by molar-refractivity contribution is 5.74. The Balaban J connectivity index is 3.92. The van der Waals surface area contributed by atoms with E-state index in [0.29, 0.717) is 19.6 Å². The first-order valence-electron chi connectivity index (χ1n) is 7.06. The molecule has 1 unspecified atom stereocenters. The Morgan fingerprint density at radius 2 is 1.95 bits per heavy atom. The number of hydrogen-bond acceptors (Lipinski definition) is 3. The van der Waals surface area contributed by atoms with E-state index in [4.69, 9.17) is 9.84 Å². The van der Waals surface area contributed by atoms with Crippen molar-refractivity contribution in [3.63, 3.8) is 0 Å². The second-order valence-corrected chi connectivity index (χ2v) is 5.77. The summed E-state index contributed by atoms with van der Waals surface area (Å²) in [6.45, 7) is 7.03. The van der Waals surface area contributed by atoms with E-state index in [-0.39, 0.29) is 23.9 Å². The van der Waals surface area contributed by atoms with Crippen LogP contribution < -0.4 is 10.6 Å². The van der Waals surface area contributed by atoms with Crippen LogP contribution >= 0.6 is 0 Å². The monoisotopic (exact) mass is 288 g/mol. The van der Waals surface area contributed by atoms with Crippen molar-refractivity contribution in [1.29, 1.82) is 0 Å². The summed E-state index contributed by atoms with van der Waals surface area (Å²) in [4.78, 5) is 22.2. The third-order valence-corrected chi connectivity index (χ3v) is 3.30. The molecule has 0 aliphatic carbocycles. The zero-order valence-electron chi connectivity index (χ0n) is 13.0. The van der Waals surface area contributed by atoms with Crippen molar-refractivity contribution in [2.24, 2.45) is 5.41 Å². The molecule has 0 heterocycles. The number of carbonyl (C=O) groups is 2. The second-order valence-electron chi connectivity index (χ2n) is 5.77. The zero-order valence-corrected chi connectivity index (χ0v) is 13.0. The molecule has 0 spiro atoms. The first-order chi connectivity index (χ1) is 9.30. The second kappa shape index (κ2) is 9.58. The molecule has 118 valence electrons. The summed E-state index contributed by atoms with van der Waals surface area (Å²) >= 11 is 0. The highest BCUT2D eigenvalue weighted by Gasteiger charge is 2.19. The van der Waals surface area contributed by atoms with Gasteiger partial charge in [0.05, 0.1) is 12.6 Å². The minimum atomic E-state index is -0.783. The number of hydrogen-bond donors (Lipinski definition) is 3. The largest absolute Gasteiger partial charge is 0.481 e. The molecular weight excluding hydrogens is 260 g/mol. The molecule has 2 amide bonds. The molecule has 0 rings (SSSR count). The van der Waals surface area contributed by atoms with Gasteiger partial charge in [0.1, 0.15) is 0 Å². The van der Waals surface area contributed by atoms with Crippen LogP contribution in [0, 0.1) is 5.41 Å². The van der Waals surface area contributed by atoms with E-state index in [1.54, 1.807) is 7.11 Å². The quantitative estimate of drug-likeness (QED) is 0.573. The van der Waals surface area contributed by atoms with Crippen LogP contribution in [0.25, 0.3) is 0 Å². The van der Waals surface area contributed by atoms with Gasteiger partial charge in [-0.05, 0) is 24.7 Å². The molecule has 0 bridgehead atoms. The maximum absolute atomic E-state index is 11.7. The van der Waals surface area contributed by atoms with Crippen LogP contribution in [0.1, 0.15) is 46.5 Å². The maximum Gasteiger partial charge on any atom is 0.315 e. The van der Waals surface area contributed by atoms with Crippen LogP contribution in [0.5, 0.6) is 0 Å². The Hall–Kier alpha value is -1.30. The third kappa shape index (κ3) is 9.61. The predicted molar refractivity (Wildman–Crippen MR) is 77.8 cm³/mol. The summed E-state index contributed by atoms with van der Waals surface area (Å²) in [5.41, 5.74) is -0.0949. The van der Waals surface area contributed by atoms with Crippen molar-refractivity contribution in [2.75, 3.05) is 20.3 Å². The van der Waals surface area contributed by atoms with Gasteiger partial charge in [0.2, 0.25) is 0 Å². The number of amides is 2. The number of carboxylic acids is 1. The number of carbonyl (C=O) groups excluding carboxylic acids is 1. The number of nitrogens with one attached hydrogen (secondary N) is 2. The highest BCUT2D eigenvalue weighted by Crippen LogP contribution is 2.25. The van der Waals surface area contributed by atoms with Gasteiger partial charge in [-0.2, -0.15) is 0 Å². The lowest BCUT2D eigenvalue weighted by Crippen LogP contribution is -2.44. The van der Waals surface area contributed by atoms with Crippen LogP contribution in [-0.4, -0.2) is 43.4 Å². The molecule has 3 N–H and O–H groups in total. The van der Waals surface area contributed by atoms with E-state index in [0.717, 1.165) is 12.8 Å². The van der Waals surface area contributed by atoms with Crippen LogP contribution in [0.15, 0.2) is 0 Å². The van der Waals surface area contributed by atoms with Gasteiger partial charge in [-0.25, -0.2) is 4.79 Å². The summed E-state index contributed by atoms with van der Waals surface area (Å²) < 4.78 is 5.01. The van der Waals surface area contributed by atoms with E-state index in [1.807, 2.05) is 20.8 Å². The molecule has 0 saturated heterocycles. The highest BCUT2D eigenvalue weighted by atomic mass is 16.5. The number of carboxylic acid groups (broad SMARTS) is 1. The van der Waals surface area contributed by atoms with Crippen molar-refractivity contribution in [1.82, 2.24) is 10.6 Å². The Kier molecular flexibility index (Phi) is 8.96. The van der Waals surface area contributed by atoms with Crippen molar-refractivity contribution >= 4 is 12.0 Å². The van der Waals surface area contributed by atoms with E-state index < -0.39 is 5.97 Å². The molecule has 6 heteroatoms. The summed E-state index contributed by atoms with van der Waals surface area (Å²) in [5, 5.41) is 14.3. The minimum absolute atomic E-state index is 0.0139. The molecule has 1 atom stereocenters. The van der Waals surface area contributed by atoms with Gasteiger partial charge in [-0.3, -0.25) is 4.79 Å². The summed E-state index contributed by atoms with van der Waals surface area (Å²) in [6, 6.07) is -0.192. The van der Waals surface area contributed by atoms with Gasteiger partial charge in [0, 0.05) is 20.1 Å². The van der Waals surface area contributed by atoms with Crippen LogP contribution in [0.2, 0.25) is 0 Å². The topological polar surface area (TPSA) is 87.7 Å². The lowest BCUT2D eigenvalue weighted by atomic mass is 9.84. The van der Waals surface area contributed by atoms with E-state index in [1.165, 1.54) is 0 Å². The molecule has 0 radical (unpaired) electrons. The van der Waals surface area contributed by atoms with Gasteiger partial charge in [0.15, 0.2) is 0 Å². The number of methoxy groups -OCH3 is 1. The molecule has 0 aromatic carbocycles. The first-order valence-corrected chi connectivity index (χ1v) is 7.06. The zero-order chi connectivity index (χ0) is 15.6. The summed E-state index contributed by atoms with van der Waals surface area (Å²) in [5.74, 6) is -0.783. The normalized spacial score (nSPS) is 12.8. The van der Waals surface area contributed by atoms with Crippen molar-refractivity contribution in [2.45, 2.75) is 52.5 Å². The van der Waals surface area contributed by atoms with Crippen LogP contribution in [0.4, 0.5) is 4.79 Å². The smallest absolute Gasteiger partial charge is 0.315 e. The van der Waals surface area contributed by atoms with Crippen LogP contribution in [-0.2, 0) is 9.53 Å². The molecule has 0 saturated carbocycles. The summed E-state index contributed by atoms with van der Waals surface area (Å²) in [6.07, 6.45) is 2.32. The summed E-state index contributed by atoms with van der Waals surface area (Å²) in [7, 11) is 1.60. The van der Waals surface area contributed by atoms with E-state index >= 15 is 0 Å². The molecule has 0 aliphatic rings. The first kappa shape index (κ1) is 18.7. The Morgan fingerprint density at radius 1 is 1.30 bits per heavy atom. The third-order valence-electron chi connectivity index (χ3n) is 3.30. The van der Waals surface area contributed by atoms with Gasteiger partial charge in [0.25, 0.3) is 0 Å². The Bertz CT molecular complexity index is 306. The van der Waals surface area contributed by atoms with E-state index in [2.05, 4.69) is 10.6 Å². The SMILES string of the molecule is CCC(COC)NC(=O)NCCC(C)(C)CCC(=O)O. The molecule has 20 heavy (non-hydrogen) atoms. The molecule has 0 fully saturated rings. The fourth-order valence-corrected chi connectivity index (χ4v) is 1.78. The standard InChI is InChI=1S/C14H28N2O4/c1-5-11(10-20-4)16-13(19)15-9-8-14(2,3)7-6-12(17)18/h11H,5-10H2,1-4H3,(H,17,18)(H2,15,16,19). The Labute approximate surface area is 121 Å². The van der Waals surface area contributed by atoms with Crippen molar-refractivity contribution in [3.8, 4) is 0 Å². The molecule has 0 aromatic heterocycles. The fraction of sp³-hybridized carbons (Fsp3) is 0.857. The number of aliphatic carboxylic acids is 1. The number of urea groups is 1. The van der Waals surface area contributed by atoms with Gasteiger partial charge in [-0.15, -0.1) is 0 Å². The average molecular weight is 288 g/mol. The minimum Gasteiger partial charge on any atom is -0.481 e. The van der Waals surface area contributed by atoms with Gasteiger partial charge in [-0.1, -0.05) is 20.8 Å². The molecule has 0 aliphatic heterocycles. The van der Waals surface area contributed by atoms with E-state index in [9.17, 15) is 9.59 Å². The lowest BCUT2D eigenvalue weighted by molar-refractivity contribution is -0.137. The van der Waals surface area contributed by atoms with Crippen molar-refractivity contribution < 1.29 is 19.4 Å². The number of ether oxygens (including phenoxy) is 1. The predicted octanol–water partition coefficient (Wildman–Crippen LogP) is 1.99. The molecular formula is C14H28N2O4. The molecule has 6 nitrogen and oxygen atoms in total. The molecule has 0 aromatic rings. The average Bonchev–Trinajstić information content (AvgIpc) is 2.35. The van der Waals surface area contributed by atoms with Gasteiger partial charge < -0.3 is 20.5 Å². The lowest BCUT2D eigenvalue weighted by Gasteiger charge is -2.24. The Morgan fingerprint density at radius 3 is 2.45 bits per heavy atom. The fourth-order valence-electron chi connectivity index (χ4n) is 1.78. The number of rotatable bonds is 10. The van der Waals surface area contributed by atoms with Crippen LogP contribution in [0.3, 0.4) is 0 Å². The van der Waals surface area contributed by atoms with Gasteiger partial charge >= 0.3 is 12.0 Å².